The van der Waals surface area contributed by atoms with Gasteiger partial charge in [0.25, 0.3) is 0 Å². The van der Waals surface area contributed by atoms with Gasteiger partial charge in [0, 0.05) is 5.56 Å². The van der Waals surface area contributed by atoms with Crippen LogP contribution >= 0.6 is 0 Å². The average molecular weight is 235 g/mol. The fourth-order valence-corrected chi connectivity index (χ4v) is 1.85. The zero-order valence-electron chi connectivity index (χ0n) is 9.37. The summed E-state index contributed by atoms with van der Waals surface area (Å²) in [7, 11) is 0. The van der Waals surface area contributed by atoms with Crippen LogP contribution in [0, 0.1) is 12.7 Å². The van der Waals surface area contributed by atoms with E-state index in [0.717, 1.165) is 16.7 Å². The number of aryl methyl sites for hydroxylation is 1. The predicted molar refractivity (Wildman–Crippen MR) is 63.3 cm³/mol. The van der Waals surface area contributed by atoms with Crippen LogP contribution in [0.4, 0.5) is 10.2 Å². The Morgan fingerprint density at radius 3 is 2.71 bits per heavy atom. The van der Waals surface area contributed by atoms with Crippen LogP contribution in [-0.2, 0) is 0 Å². The fraction of sp³-hybridized carbons (Fsp3) is 0.182. The third kappa shape index (κ3) is 2.13. The lowest BCUT2D eigenvalue weighted by Crippen LogP contribution is -2.29. The molecule has 1 aromatic carbocycles. The molecule has 2 rings (SSSR count). The summed E-state index contributed by atoms with van der Waals surface area (Å²) in [5.41, 5.74) is 10.8. The summed E-state index contributed by atoms with van der Waals surface area (Å²) < 4.78 is 13.0. The first-order valence-electron chi connectivity index (χ1n) is 5.14. The van der Waals surface area contributed by atoms with Crippen LogP contribution in [0.5, 0.6) is 0 Å². The standard InChI is InChI=1S/C11H14FN5/c1-6-4-7(12)2-3-8(6)10(16-14)9-5-15-17-11(9)13/h2-5,10,16H,14H2,1H3,(H3,13,15,17). The lowest BCUT2D eigenvalue weighted by atomic mass is 9.97. The first-order chi connectivity index (χ1) is 8.13. The molecule has 2 aromatic rings. The molecular weight excluding hydrogens is 221 g/mol. The number of nitrogen functional groups attached to an aromatic ring is 1. The average Bonchev–Trinajstić information content (AvgIpc) is 2.69. The Bertz CT molecular complexity index is 522. The van der Waals surface area contributed by atoms with Gasteiger partial charge in [-0.2, -0.15) is 5.10 Å². The highest BCUT2D eigenvalue weighted by atomic mass is 19.1. The minimum absolute atomic E-state index is 0.276. The molecule has 1 heterocycles. The lowest BCUT2D eigenvalue weighted by Gasteiger charge is -2.17. The number of anilines is 1. The van der Waals surface area contributed by atoms with Gasteiger partial charge in [0.15, 0.2) is 0 Å². The molecular formula is C11H14FN5. The SMILES string of the molecule is Cc1cc(F)ccc1C(NN)c1cn[nH]c1N. The third-order valence-corrected chi connectivity index (χ3v) is 2.72. The summed E-state index contributed by atoms with van der Waals surface area (Å²) >= 11 is 0. The minimum atomic E-state index is -0.311. The van der Waals surface area contributed by atoms with Gasteiger partial charge in [-0.1, -0.05) is 6.07 Å². The second kappa shape index (κ2) is 4.52. The molecule has 5 nitrogen and oxygen atoms in total. The number of benzene rings is 1. The predicted octanol–water partition coefficient (Wildman–Crippen LogP) is 0.992. The van der Waals surface area contributed by atoms with E-state index in [1.807, 2.05) is 6.92 Å². The molecule has 0 saturated carbocycles. The molecule has 0 aliphatic rings. The highest BCUT2D eigenvalue weighted by molar-refractivity contribution is 5.46. The van der Waals surface area contributed by atoms with Crippen molar-refractivity contribution in [3.63, 3.8) is 0 Å². The number of hydrogen-bond acceptors (Lipinski definition) is 4. The van der Waals surface area contributed by atoms with E-state index in [2.05, 4.69) is 15.6 Å². The third-order valence-electron chi connectivity index (χ3n) is 2.72. The topological polar surface area (TPSA) is 92.7 Å². The normalized spacial score (nSPS) is 12.6. The number of nitrogens with zero attached hydrogens (tertiary/aromatic N) is 1. The summed E-state index contributed by atoms with van der Waals surface area (Å²) in [6, 6.07) is 4.22. The minimum Gasteiger partial charge on any atom is -0.384 e. The zero-order chi connectivity index (χ0) is 12.4. The highest BCUT2D eigenvalue weighted by Gasteiger charge is 2.18. The summed E-state index contributed by atoms with van der Waals surface area (Å²) in [6.07, 6.45) is 1.60. The number of halogens is 1. The van der Waals surface area contributed by atoms with Crippen molar-refractivity contribution in [2.24, 2.45) is 5.84 Å². The molecule has 0 saturated heterocycles. The summed E-state index contributed by atoms with van der Waals surface area (Å²) in [5.74, 6) is 5.70. The smallest absolute Gasteiger partial charge is 0.124 e. The summed E-state index contributed by atoms with van der Waals surface area (Å²) in [5, 5.41) is 6.49. The van der Waals surface area contributed by atoms with Crippen LogP contribution in [0.3, 0.4) is 0 Å². The van der Waals surface area contributed by atoms with Gasteiger partial charge < -0.3 is 5.73 Å². The van der Waals surface area contributed by atoms with Gasteiger partial charge in [0.05, 0.1) is 12.2 Å². The molecule has 0 bridgehead atoms. The van der Waals surface area contributed by atoms with Crippen LogP contribution < -0.4 is 17.0 Å². The maximum Gasteiger partial charge on any atom is 0.124 e. The van der Waals surface area contributed by atoms with E-state index in [1.165, 1.54) is 12.1 Å². The van der Waals surface area contributed by atoms with Crippen LogP contribution in [0.25, 0.3) is 0 Å². The number of aromatic nitrogens is 2. The summed E-state index contributed by atoms with van der Waals surface area (Å²) in [4.78, 5) is 0. The van der Waals surface area contributed by atoms with E-state index in [4.69, 9.17) is 11.6 Å². The van der Waals surface area contributed by atoms with Crippen molar-refractivity contribution in [1.29, 1.82) is 0 Å². The second-order valence-corrected chi connectivity index (χ2v) is 3.84. The maximum atomic E-state index is 13.0. The van der Waals surface area contributed by atoms with E-state index in [9.17, 15) is 4.39 Å². The Morgan fingerprint density at radius 2 is 2.18 bits per heavy atom. The van der Waals surface area contributed by atoms with Crippen LogP contribution in [0.1, 0.15) is 22.7 Å². The summed E-state index contributed by atoms with van der Waals surface area (Å²) in [6.45, 7) is 1.82. The quantitative estimate of drug-likeness (QED) is 0.471. The number of nitrogens with two attached hydrogens (primary N) is 2. The largest absolute Gasteiger partial charge is 0.384 e. The molecule has 1 aromatic heterocycles. The van der Waals surface area contributed by atoms with Gasteiger partial charge in [-0.25, -0.2) is 9.82 Å². The molecule has 0 radical (unpaired) electrons. The highest BCUT2D eigenvalue weighted by Crippen LogP contribution is 2.27. The van der Waals surface area contributed by atoms with E-state index in [0.29, 0.717) is 5.82 Å². The molecule has 0 aliphatic heterocycles. The van der Waals surface area contributed by atoms with Gasteiger partial charge in [-0.15, -0.1) is 0 Å². The molecule has 90 valence electrons. The number of aromatic amines is 1. The van der Waals surface area contributed by atoms with Gasteiger partial charge >= 0.3 is 0 Å². The number of hydrazine groups is 1. The van der Waals surface area contributed by atoms with Crippen molar-refractivity contribution in [2.45, 2.75) is 13.0 Å². The second-order valence-electron chi connectivity index (χ2n) is 3.84. The van der Waals surface area contributed by atoms with Crippen molar-refractivity contribution in [3.05, 3.63) is 46.9 Å². The van der Waals surface area contributed by atoms with Crippen LogP contribution in [-0.4, -0.2) is 10.2 Å². The Labute approximate surface area is 98.0 Å². The molecule has 6 N–H and O–H groups in total. The number of H-pyrrole nitrogens is 1. The fourth-order valence-electron chi connectivity index (χ4n) is 1.85. The Kier molecular flexibility index (Phi) is 3.08. The molecule has 0 aliphatic carbocycles. The van der Waals surface area contributed by atoms with E-state index < -0.39 is 0 Å². The molecule has 0 amide bonds. The van der Waals surface area contributed by atoms with Crippen LogP contribution in [0.15, 0.2) is 24.4 Å². The zero-order valence-corrected chi connectivity index (χ0v) is 9.37. The Morgan fingerprint density at radius 1 is 1.41 bits per heavy atom. The van der Waals surface area contributed by atoms with E-state index in [-0.39, 0.29) is 11.9 Å². The number of nitrogens with one attached hydrogen (secondary N) is 2. The lowest BCUT2D eigenvalue weighted by molar-refractivity contribution is 0.612. The Balaban J connectivity index is 2.46. The molecule has 6 heteroatoms. The molecule has 0 spiro atoms. The van der Waals surface area contributed by atoms with Gasteiger partial charge in [-0.05, 0) is 30.2 Å². The van der Waals surface area contributed by atoms with Crippen molar-refractivity contribution in [1.82, 2.24) is 15.6 Å². The van der Waals surface area contributed by atoms with Crippen molar-refractivity contribution in [2.75, 3.05) is 5.73 Å². The molecule has 17 heavy (non-hydrogen) atoms. The molecule has 0 fully saturated rings. The van der Waals surface area contributed by atoms with Crippen molar-refractivity contribution >= 4 is 5.82 Å². The van der Waals surface area contributed by atoms with E-state index >= 15 is 0 Å². The maximum absolute atomic E-state index is 13.0. The first kappa shape index (κ1) is 11.6. The van der Waals surface area contributed by atoms with Gasteiger partial charge in [0.2, 0.25) is 0 Å². The number of rotatable bonds is 3. The van der Waals surface area contributed by atoms with Gasteiger partial charge in [-0.3, -0.25) is 10.9 Å². The number of hydrogen-bond donors (Lipinski definition) is 4. The van der Waals surface area contributed by atoms with Crippen LogP contribution in [0.2, 0.25) is 0 Å². The Hall–Kier alpha value is -1.92. The monoisotopic (exact) mass is 235 g/mol. The molecule has 1 atom stereocenters. The van der Waals surface area contributed by atoms with E-state index in [1.54, 1.807) is 12.3 Å². The molecule has 1 unspecified atom stereocenters. The van der Waals surface area contributed by atoms with Gasteiger partial charge in [0.1, 0.15) is 11.6 Å². The van der Waals surface area contributed by atoms with Crippen molar-refractivity contribution < 1.29 is 4.39 Å². The van der Waals surface area contributed by atoms with Crippen molar-refractivity contribution in [3.8, 4) is 0 Å². The first-order valence-corrected chi connectivity index (χ1v) is 5.14.